The van der Waals surface area contributed by atoms with Gasteiger partial charge in [-0.1, -0.05) is 43.7 Å². The van der Waals surface area contributed by atoms with E-state index >= 15 is 0 Å². The Balaban J connectivity index is 0.000000313. The quantitative estimate of drug-likeness (QED) is 0.648. The first-order valence-corrected chi connectivity index (χ1v) is 7.29. The molecule has 5 nitrogen and oxygen atoms in total. The minimum absolute atomic E-state index is 0.0241. The monoisotopic (exact) mass is 316 g/mol. The number of benzene rings is 2. The lowest BCUT2D eigenvalue weighted by Crippen LogP contribution is -2.12. The highest BCUT2D eigenvalue weighted by Gasteiger charge is 2.16. The molecule has 0 atom stereocenters. The minimum Gasteiger partial charge on any atom is -0.508 e. The third-order valence-electron chi connectivity index (χ3n) is 2.86. The maximum atomic E-state index is 11.6. The summed E-state index contributed by atoms with van der Waals surface area (Å²) in [4.78, 5) is 22.4. The number of unbranched alkanes of at least 4 members (excludes halogenated alkanes) is 1. The number of phenols is 1. The molecule has 2 aromatic rings. The molecule has 0 unspecified atom stereocenters. The SMILES string of the molecule is CCCCOC(=O)c1ccccc1C(=O)O.Oc1ccccc1. The highest BCUT2D eigenvalue weighted by Crippen LogP contribution is 2.10. The van der Waals surface area contributed by atoms with Crippen molar-refractivity contribution in [2.24, 2.45) is 0 Å². The number of esters is 1. The van der Waals surface area contributed by atoms with Crippen LogP contribution in [0.2, 0.25) is 0 Å². The molecule has 0 aliphatic carbocycles. The molecule has 2 aromatic carbocycles. The topological polar surface area (TPSA) is 83.8 Å². The number of carboxylic acid groups (broad SMARTS) is 1. The summed E-state index contributed by atoms with van der Waals surface area (Å²) in [5.74, 6) is -1.38. The van der Waals surface area contributed by atoms with Crippen molar-refractivity contribution in [3.63, 3.8) is 0 Å². The Morgan fingerprint density at radius 2 is 1.52 bits per heavy atom. The molecular formula is C18H20O5. The van der Waals surface area contributed by atoms with E-state index in [1.807, 2.05) is 13.0 Å². The second kappa shape index (κ2) is 10.00. The Hall–Kier alpha value is -2.82. The van der Waals surface area contributed by atoms with E-state index in [4.69, 9.17) is 14.9 Å². The standard InChI is InChI=1S/C12H14O4.C6H6O/c1-2-3-8-16-12(15)10-7-5-4-6-9(10)11(13)14;7-6-4-2-1-3-5-6/h4-7H,2-3,8H2,1H3,(H,13,14);1-5,7H. The van der Waals surface area contributed by atoms with Gasteiger partial charge < -0.3 is 14.9 Å². The zero-order valence-corrected chi connectivity index (χ0v) is 12.9. The van der Waals surface area contributed by atoms with Gasteiger partial charge >= 0.3 is 11.9 Å². The smallest absolute Gasteiger partial charge is 0.339 e. The highest BCUT2D eigenvalue weighted by atomic mass is 16.5. The van der Waals surface area contributed by atoms with Gasteiger partial charge in [-0.3, -0.25) is 0 Å². The molecule has 0 aromatic heterocycles. The molecular weight excluding hydrogens is 296 g/mol. The van der Waals surface area contributed by atoms with Crippen LogP contribution in [0.4, 0.5) is 0 Å². The lowest BCUT2D eigenvalue weighted by molar-refractivity contribution is 0.0489. The summed E-state index contributed by atoms with van der Waals surface area (Å²) >= 11 is 0. The lowest BCUT2D eigenvalue weighted by atomic mass is 10.1. The summed E-state index contributed by atoms with van der Waals surface area (Å²) in [6.45, 7) is 2.31. The van der Waals surface area contributed by atoms with Crippen LogP contribution in [-0.2, 0) is 4.74 Å². The number of aromatic hydroxyl groups is 1. The van der Waals surface area contributed by atoms with Crippen molar-refractivity contribution in [2.45, 2.75) is 19.8 Å². The van der Waals surface area contributed by atoms with Crippen LogP contribution in [0.1, 0.15) is 40.5 Å². The summed E-state index contributed by atoms with van der Waals surface area (Å²) < 4.78 is 4.96. The number of phenolic OH excluding ortho intramolecular Hbond substituents is 1. The van der Waals surface area contributed by atoms with Gasteiger partial charge in [0, 0.05) is 0 Å². The van der Waals surface area contributed by atoms with E-state index in [1.165, 1.54) is 12.1 Å². The molecule has 0 saturated heterocycles. The Labute approximate surface area is 135 Å². The summed E-state index contributed by atoms with van der Waals surface area (Å²) in [5, 5.41) is 17.5. The summed E-state index contributed by atoms with van der Waals surface area (Å²) in [6, 6.07) is 14.7. The van der Waals surface area contributed by atoms with Gasteiger partial charge in [-0.05, 0) is 30.7 Å². The molecule has 0 heterocycles. The molecule has 2 rings (SSSR count). The second-order valence-corrected chi connectivity index (χ2v) is 4.68. The van der Waals surface area contributed by atoms with Crippen molar-refractivity contribution >= 4 is 11.9 Å². The number of carbonyl (C=O) groups is 2. The van der Waals surface area contributed by atoms with Crippen LogP contribution in [-0.4, -0.2) is 28.8 Å². The van der Waals surface area contributed by atoms with Gasteiger partial charge in [-0.25, -0.2) is 9.59 Å². The summed E-state index contributed by atoms with van der Waals surface area (Å²) in [5.41, 5.74) is 0.0788. The Morgan fingerprint density at radius 3 is 2.00 bits per heavy atom. The third kappa shape index (κ3) is 6.65. The van der Waals surface area contributed by atoms with Crippen molar-refractivity contribution in [1.29, 1.82) is 0 Å². The maximum absolute atomic E-state index is 11.6. The van der Waals surface area contributed by atoms with Gasteiger partial charge in [0.1, 0.15) is 5.75 Å². The number of para-hydroxylation sites is 1. The average molecular weight is 316 g/mol. The second-order valence-electron chi connectivity index (χ2n) is 4.68. The predicted octanol–water partition coefficient (Wildman–Crippen LogP) is 3.73. The maximum Gasteiger partial charge on any atom is 0.339 e. The van der Waals surface area contributed by atoms with Crippen LogP contribution in [0.15, 0.2) is 54.6 Å². The van der Waals surface area contributed by atoms with Crippen molar-refractivity contribution in [3.05, 3.63) is 65.7 Å². The van der Waals surface area contributed by atoms with Gasteiger partial charge in [0.15, 0.2) is 0 Å². The van der Waals surface area contributed by atoms with Crippen LogP contribution in [0.25, 0.3) is 0 Å². The fourth-order valence-corrected chi connectivity index (χ4v) is 1.66. The molecule has 0 aliphatic heterocycles. The van der Waals surface area contributed by atoms with E-state index in [0.717, 1.165) is 12.8 Å². The first kappa shape index (κ1) is 18.2. The Bertz CT molecular complexity index is 622. The van der Waals surface area contributed by atoms with Gasteiger partial charge in [0.05, 0.1) is 17.7 Å². The van der Waals surface area contributed by atoms with Crippen molar-refractivity contribution in [1.82, 2.24) is 0 Å². The lowest BCUT2D eigenvalue weighted by Gasteiger charge is -2.06. The van der Waals surface area contributed by atoms with Crippen LogP contribution < -0.4 is 0 Å². The third-order valence-corrected chi connectivity index (χ3v) is 2.86. The average Bonchev–Trinajstić information content (AvgIpc) is 2.56. The van der Waals surface area contributed by atoms with E-state index in [2.05, 4.69) is 0 Å². The van der Waals surface area contributed by atoms with E-state index in [-0.39, 0.29) is 11.1 Å². The normalized spacial score (nSPS) is 9.43. The molecule has 0 fully saturated rings. The predicted molar refractivity (Wildman–Crippen MR) is 86.7 cm³/mol. The summed E-state index contributed by atoms with van der Waals surface area (Å²) in [7, 11) is 0. The van der Waals surface area contributed by atoms with Crippen LogP contribution in [0, 0.1) is 0 Å². The molecule has 2 N–H and O–H groups in total. The molecule has 0 aliphatic rings. The van der Waals surface area contributed by atoms with E-state index in [1.54, 1.807) is 36.4 Å². The molecule has 5 heteroatoms. The number of hydrogen-bond donors (Lipinski definition) is 2. The number of hydrogen-bond acceptors (Lipinski definition) is 4. The van der Waals surface area contributed by atoms with Gasteiger partial charge in [-0.15, -0.1) is 0 Å². The first-order valence-electron chi connectivity index (χ1n) is 7.29. The zero-order valence-electron chi connectivity index (χ0n) is 12.9. The van der Waals surface area contributed by atoms with Crippen molar-refractivity contribution < 1.29 is 24.5 Å². The van der Waals surface area contributed by atoms with E-state index < -0.39 is 11.9 Å². The number of ether oxygens (including phenoxy) is 1. The number of carbonyl (C=O) groups excluding carboxylic acids is 1. The van der Waals surface area contributed by atoms with E-state index in [0.29, 0.717) is 12.4 Å². The molecule has 0 radical (unpaired) electrons. The van der Waals surface area contributed by atoms with Gasteiger partial charge in [0.25, 0.3) is 0 Å². The van der Waals surface area contributed by atoms with Crippen molar-refractivity contribution in [2.75, 3.05) is 6.61 Å². The molecule has 122 valence electrons. The molecule has 23 heavy (non-hydrogen) atoms. The Kier molecular flexibility index (Phi) is 7.92. The van der Waals surface area contributed by atoms with Crippen LogP contribution in [0.5, 0.6) is 5.75 Å². The summed E-state index contributed by atoms with van der Waals surface area (Å²) in [6.07, 6.45) is 1.70. The van der Waals surface area contributed by atoms with E-state index in [9.17, 15) is 9.59 Å². The number of rotatable bonds is 5. The minimum atomic E-state index is -1.12. The molecule has 0 bridgehead atoms. The molecule has 0 amide bonds. The van der Waals surface area contributed by atoms with Crippen LogP contribution >= 0.6 is 0 Å². The fourth-order valence-electron chi connectivity index (χ4n) is 1.66. The first-order chi connectivity index (χ1) is 11.1. The zero-order chi connectivity index (χ0) is 17.1. The largest absolute Gasteiger partial charge is 0.508 e. The van der Waals surface area contributed by atoms with Gasteiger partial charge in [-0.2, -0.15) is 0 Å². The van der Waals surface area contributed by atoms with Crippen LogP contribution in [0.3, 0.4) is 0 Å². The molecule has 0 spiro atoms. The Morgan fingerprint density at radius 1 is 0.957 bits per heavy atom. The molecule has 0 saturated carbocycles. The van der Waals surface area contributed by atoms with Gasteiger partial charge in [0.2, 0.25) is 0 Å². The number of aromatic carboxylic acids is 1. The number of carboxylic acids is 1. The van der Waals surface area contributed by atoms with Crippen molar-refractivity contribution in [3.8, 4) is 5.75 Å². The highest BCUT2D eigenvalue weighted by molar-refractivity contribution is 6.02. The fraction of sp³-hybridized carbons (Fsp3) is 0.222.